The van der Waals surface area contributed by atoms with Crippen LogP contribution in [0, 0.1) is 5.92 Å². The monoisotopic (exact) mass is 357 g/mol. The van der Waals surface area contributed by atoms with Gasteiger partial charge in [-0.2, -0.15) is 5.10 Å². The Morgan fingerprint density at radius 1 is 1.27 bits per heavy atom. The summed E-state index contributed by atoms with van der Waals surface area (Å²) in [6.45, 7) is 4.26. The lowest BCUT2D eigenvalue weighted by molar-refractivity contribution is 0.102. The van der Waals surface area contributed by atoms with E-state index in [1.54, 1.807) is 19.2 Å². The second-order valence-corrected chi connectivity index (χ2v) is 7.22. The van der Waals surface area contributed by atoms with Gasteiger partial charge < -0.3 is 14.8 Å². The van der Waals surface area contributed by atoms with Crippen molar-refractivity contribution in [3.05, 3.63) is 35.7 Å². The normalized spacial score (nSPS) is 14.6. The zero-order chi connectivity index (χ0) is 18.5. The van der Waals surface area contributed by atoms with E-state index in [-0.39, 0.29) is 12.0 Å². The van der Waals surface area contributed by atoms with Crippen molar-refractivity contribution in [2.45, 2.75) is 52.1 Å². The lowest BCUT2D eigenvalue weighted by atomic mass is 10.1. The Morgan fingerprint density at radius 3 is 2.73 bits per heavy atom. The highest BCUT2D eigenvalue weighted by Crippen LogP contribution is 2.34. The quantitative estimate of drug-likeness (QED) is 0.779. The molecule has 140 valence electrons. The average Bonchev–Trinajstić information content (AvgIpc) is 3.26. The second-order valence-electron chi connectivity index (χ2n) is 7.22. The molecule has 0 aliphatic heterocycles. The summed E-state index contributed by atoms with van der Waals surface area (Å²) in [5.74, 6) is 1.60. The molecule has 6 heteroatoms. The number of ether oxygens (including phenoxy) is 2. The van der Waals surface area contributed by atoms with Gasteiger partial charge in [0.15, 0.2) is 17.2 Å². The molecule has 1 saturated carbocycles. The van der Waals surface area contributed by atoms with Gasteiger partial charge in [0.05, 0.1) is 13.2 Å². The van der Waals surface area contributed by atoms with Crippen molar-refractivity contribution in [1.29, 1.82) is 0 Å². The molecule has 1 amide bonds. The van der Waals surface area contributed by atoms with Crippen molar-refractivity contribution >= 4 is 11.6 Å². The van der Waals surface area contributed by atoms with Gasteiger partial charge in [0, 0.05) is 17.4 Å². The lowest BCUT2D eigenvalue weighted by Crippen LogP contribution is -2.14. The number of carbonyl (C=O) groups excluding carboxylic acids is 1. The van der Waals surface area contributed by atoms with Crippen molar-refractivity contribution in [3.63, 3.8) is 0 Å². The maximum absolute atomic E-state index is 12.5. The second kappa shape index (κ2) is 8.25. The van der Waals surface area contributed by atoms with E-state index in [4.69, 9.17) is 9.47 Å². The van der Waals surface area contributed by atoms with Crippen LogP contribution in [0.15, 0.2) is 24.3 Å². The van der Waals surface area contributed by atoms with Crippen LogP contribution in [0.3, 0.4) is 0 Å². The number of aromatic nitrogens is 2. The molecule has 1 aromatic heterocycles. The molecule has 0 saturated heterocycles. The van der Waals surface area contributed by atoms with E-state index in [0.29, 0.717) is 28.8 Å². The Hall–Kier alpha value is -2.50. The molecule has 2 N–H and O–H groups in total. The molecule has 3 rings (SSSR count). The van der Waals surface area contributed by atoms with E-state index < -0.39 is 0 Å². The summed E-state index contributed by atoms with van der Waals surface area (Å²) in [5, 5.41) is 9.92. The predicted octanol–water partition coefficient (Wildman–Crippen LogP) is 4.19. The lowest BCUT2D eigenvalue weighted by Gasteiger charge is -2.17. The molecule has 0 spiro atoms. The average molecular weight is 357 g/mol. The smallest absolute Gasteiger partial charge is 0.276 e. The van der Waals surface area contributed by atoms with Gasteiger partial charge in [0.2, 0.25) is 0 Å². The summed E-state index contributed by atoms with van der Waals surface area (Å²) >= 11 is 0. The first kappa shape index (κ1) is 18.3. The molecule has 1 aliphatic carbocycles. The maximum atomic E-state index is 12.5. The molecule has 1 aliphatic rings. The van der Waals surface area contributed by atoms with Crippen LogP contribution < -0.4 is 14.8 Å². The number of hydrogen-bond acceptors (Lipinski definition) is 4. The van der Waals surface area contributed by atoms with Crippen LogP contribution in [-0.4, -0.2) is 29.3 Å². The summed E-state index contributed by atoms with van der Waals surface area (Å²) in [6.07, 6.45) is 5.60. The van der Waals surface area contributed by atoms with Crippen LogP contribution in [0.1, 0.15) is 55.7 Å². The van der Waals surface area contributed by atoms with Gasteiger partial charge in [-0.05, 0) is 56.2 Å². The Bertz CT molecular complexity index is 749. The number of aromatic amines is 1. The van der Waals surface area contributed by atoms with Gasteiger partial charge in [-0.3, -0.25) is 9.89 Å². The van der Waals surface area contributed by atoms with Crippen LogP contribution in [0.2, 0.25) is 0 Å². The van der Waals surface area contributed by atoms with Crippen molar-refractivity contribution in [3.8, 4) is 11.5 Å². The Kier molecular flexibility index (Phi) is 5.81. The van der Waals surface area contributed by atoms with Crippen LogP contribution in [0.5, 0.6) is 11.5 Å². The molecule has 2 aromatic rings. The zero-order valence-corrected chi connectivity index (χ0v) is 15.7. The third-order valence-electron chi connectivity index (χ3n) is 4.51. The SMILES string of the molecule is COc1ccc(NC(=O)c2cc(CC(C)C)[nH]n2)cc1OC1CCCC1. The number of methoxy groups -OCH3 is 1. The van der Waals surface area contributed by atoms with Crippen molar-refractivity contribution in [2.75, 3.05) is 12.4 Å². The molecule has 26 heavy (non-hydrogen) atoms. The summed E-state index contributed by atoms with van der Waals surface area (Å²) in [6, 6.07) is 7.24. The minimum Gasteiger partial charge on any atom is -0.493 e. The number of amides is 1. The van der Waals surface area contributed by atoms with Gasteiger partial charge in [-0.15, -0.1) is 0 Å². The third kappa shape index (κ3) is 4.56. The first-order chi connectivity index (χ1) is 12.5. The molecule has 0 radical (unpaired) electrons. The summed E-state index contributed by atoms with van der Waals surface area (Å²) in [5.41, 5.74) is 2.01. The standard InChI is InChI=1S/C20H27N3O3/c1-13(2)10-15-11-17(23-22-15)20(24)21-14-8-9-18(25-3)19(12-14)26-16-6-4-5-7-16/h8-9,11-13,16H,4-7,10H2,1-3H3,(H,21,24)(H,22,23). The topological polar surface area (TPSA) is 76.2 Å². The molecule has 0 unspecified atom stereocenters. The highest BCUT2D eigenvalue weighted by molar-refractivity contribution is 6.03. The van der Waals surface area contributed by atoms with Crippen molar-refractivity contribution in [2.24, 2.45) is 5.92 Å². The number of benzene rings is 1. The van der Waals surface area contributed by atoms with E-state index >= 15 is 0 Å². The van der Waals surface area contributed by atoms with Crippen LogP contribution in [-0.2, 0) is 6.42 Å². The number of hydrogen-bond donors (Lipinski definition) is 2. The molecule has 0 atom stereocenters. The van der Waals surface area contributed by atoms with Gasteiger partial charge >= 0.3 is 0 Å². The fourth-order valence-corrected chi connectivity index (χ4v) is 3.25. The molecular formula is C20H27N3O3. The van der Waals surface area contributed by atoms with E-state index in [1.165, 1.54) is 12.8 Å². The minimum absolute atomic E-state index is 0.222. The van der Waals surface area contributed by atoms with E-state index in [1.807, 2.05) is 12.1 Å². The number of rotatable bonds is 7. The van der Waals surface area contributed by atoms with E-state index in [9.17, 15) is 4.79 Å². The zero-order valence-electron chi connectivity index (χ0n) is 15.7. The van der Waals surface area contributed by atoms with E-state index in [2.05, 4.69) is 29.4 Å². The fraction of sp³-hybridized carbons (Fsp3) is 0.500. The summed E-state index contributed by atoms with van der Waals surface area (Å²) in [7, 11) is 1.62. The molecule has 6 nitrogen and oxygen atoms in total. The van der Waals surface area contributed by atoms with Crippen LogP contribution in [0.4, 0.5) is 5.69 Å². The largest absolute Gasteiger partial charge is 0.493 e. The minimum atomic E-state index is -0.242. The number of H-pyrrole nitrogens is 1. The van der Waals surface area contributed by atoms with Crippen LogP contribution in [0.25, 0.3) is 0 Å². The van der Waals surface area contributed by atoms with Gasteiger partial charge in [-0.25, -0.2) is 0 Å². The fourth-order valence-electron chi connectivity index (χ4n) is 3.25. The van der Waals surface area contributed by atoms with E-state index in [0.717, 1.165) is 25.0 Å². The number of carbonyl (C=O) groups is 1. The third-order valence-corrected chi connectivity index (χ3v) is 4.51. The Morgan fingerprint density at radius 2 is 2.04 bits per heavy atom. The first-order valence-electron chi connectivity index (χ1n) is 9.25. The molecule has 1 heterocycles. The molecular weight excluding hydrogens is 330 g/mol. The maximum Gasteiger partial charge on any atom is 0.276 e. The Labute approximate surface area is 154 Å². The summed E-state index contributed by atoms with van der Waals surface area (Å²) in [4.78, 5) is 12.5. The van der Waals surface area contributed by atoms with Crippen molar-refractivity contribution < 1.29 is 14.3 Å². The van der Waals surface area contributed by atoms with Gasteiger partial charge in [-0.1, -0.05) is 13.8 Å². The number of nitrogens with zero attached hydrogens (tertiary/aromatic N) is 1. The highest BCUT2D eigenvalue weighted by atomic mass is 16.5. The summed E-state index contributed by atoms with van der Waals surface area (Å²) < 4.78 is 11.5. The molecule has 0 bridgehead atoms. The van der Waals surface area contributed by atoms with Gasteiger partial charge in [0.1, 0.15) is 0 Å². The number of nitrogens with one attached hydrogen (secondary N) is 2. The molecule has 1 fully saturated rings. The number of anilines is 1. The first-order valence-corrected chi connectivity index (χ1v) is 9.25. The van der Waals surface area contributed by atoms with Gasteiger partial charge in [0.25, 0.3) is 5.91 Å². The van der Waals surface area contributed by atoms with Crippen LogP contribution >= 0.6 is 0 Å². The molecule has 1 aromatic carbocycles. The highest BCUT2D eigenvalue weighted by Gasteiger charge is 2.19. The predicted molar refractivity (Wildman–Crippen MR) is 101 cm³/mol. The van der Waals surface area contributed by atoms with Crippen molar-refractivity contribution in [1.82, 2.24) is 10.2 Å². The Balaban J connectivity index is 1.70.